The van der Waals surface area contributed by atoms with Gasteiger partial charge in [0.1, 0.15) is 0 Å². The minimum Gasteiger partial charge on any atom is -0.342 e. The van der Waals surface area contributed by atoms with Gasteiger partial charge in [0, 0.05) is 19.6 Å². The minimum absolute atomic E-state index is 0.192. The van der Waals surface area contributed by atoms with E-state index < -0.39 is 0 Å². The molecule has 0 saturated carbocycles. The van der Waals surface area contributed by atoms with Crippen LogP contribution in [0.4, 0.5) is 0 Å². The van der Waals surface area contributed by atoms with Gasteiger partial charge in [-0.2, -0.15) is 0 Å². The fraction of sp³-hybridized carbons (Fsp3) is 0.588. The van der Waals surface area contributed by atoms with Crippen LogP contribution in [0.3, 0.4) is 0 Å². The molecule has 0 unspecified atom stereocenters. The number of carbonyl (C=O) groups excluding carboxylic acids is 1. The van der Waals surface area contributed by atoms with E-state index in [2.05, 4.69) is 50.4 Å². The molecule has 0 spiro atoms. The van der Waals surface area contributed by atoms with E-state index in [1.807, 2.05) is 4.90 Å². The molecule has 3 heteroatoms. The van der Waals surface area contributed by atoms with Gasteiger partial charge in [0.2, 0.25) is 5.91 Å². The maximum Gasteiger partial charge on any atom is 0.236 e. The van der Waals surface area contributed by atoms with E-state index in [0.717, 1.165) is 32.5 Å². The van der Waals surface area contributed by atoms with Gasteiger partial charge in [0.25, 0.3) is 0 Å². The number of nitrogens with one attached hydrogen (secondary N) is 1. The van der Waals surface area contributed by atoms with Crippen molar-refractivity contribution >= 4 is 5.91 Å². The average molecular weight is 274 g/mol. The van der Waals surface area contributed by atoms with E-state index in [4.69, 9.17) is 0 Å². The summed E-state index contributed by atoms with van der Waals surface area (Å²) in [6.07, 6.45) is 2.31. The molecule has 0 aromatic heterocycles. The number of carbonyl (C=O) groups is 1. The van der Waals surface area contributed by atoms with E-state index in [0.29, 0.717) is 6.54 Å². The van der Waals surface area contributed by atoms with Gasteiger partial charge in [-0.1, -0.05) is 45.0 Å². The molecule has 0 bridgehead atoms. The monoisotopic (exact) mass is 274 g/mol. The Morgan fingerprint density at radius 1 is 1.15 bits per heavy atom. The van der Waals surface area contributed by atoms with E-state index in [1.165, 1.54) is 11.1 Å². The van der Waals surface area contributed by atoms with Crippen molar-refractivity contribution in [3.8, 4) is 0 Å². The van der Waals surface area contributed by atoms with Crippen LogP contribution < -0.4 is 5.32 Å². The molecule has 1 aromatic rings. The Kier molecular flexibility index (Phi) is 4.81. The number of rotatable bonds is 4. The summed E-state index contributed by atoms with van der Waals surface area (Å²) in [4.78, 5) is 13.8. The number of amides is 1. The second-order valence-corrected chi connectivity index (χ2v) is 6.64. The highest BCUT2D eigenvalue weighted by atomic mass is 16.2. The summed E-state index contributed by atoms with van der Waals surface area (Å²) in [5.74, 6) is 0.230. The van der Waals surface area contributed by atoms with E-state index >= 15 is 0 Å². The van der Waals surface area contributed by atoms with Gasteiger partial charge in [0.15, 0.2) is 0 Å². The lowest BCUT2D eigenvalue weighted by Crippen LogP contribution is -2.35. The second-order valence-electron chi connectivity index (χ2n) is 6.64. The van der Waals surface area contributed by atoms with Crippen LogP contribution in [0, 0.1) is 0 Å². The first-order chi connectivity index (χ1) is 9.47. The first kappa shape index (κ1) is 15.0. The third kappa shape index (κ3) is 4.07. The Morgan fingerprint density at radius 3 is 2.30 bits per heavy atom. The van der Waals surface area contributed by atoms with Crippen LogP contribution in [-0.4, -0.2) is 30.4 Å². The number of hydrogen-bond donors (Lipinski definition) is 1. The second kappa shape index (κ2) is 6.40. The first-order valence-corrected chi connectivity index (χ1v) is 7.55. The molecule has 0 aliphatic carbocycles. The molecule has 1 heterocycles. The standard InChI is InChI=1S/C17H26N2O/c1-17(2,3)15-8-6-14(7-9-15)12-18-13-16(20)19-10-4-5-11-19/h6-9,18H,4-5,10-13H2,1-3H3. The highest BCUT2D eigenvalue weighted by Crippen LogP contribution is 2.22. The number of hydrogen-bond acceptors (Lipinski definition) is 2. The molecular weight excluding hydrogens is 248 g/mol. The Balaban J connectivity index is 1.78. The summed E-state index contributed by atoms with van der Waals surface area (Å²) in [5.41, 5.74) is 2.76. The number of likely N-dealkylation sites (tertiary alicyclic amines) is 1. The molecule has 0 atom stereocenters. The lowest BCUT2D eigenvalue weighted by Gasteiger charge is -2.19. The highest BCUT2D eigenvalue weighted by molar-refractivity contribution is 5.78. The van der Waals surface area contributed by atoms with Gasteiger partial charge < -0.3 is 10.2 Å². The van der Waals surface area contributed by atoms with Crippen molar-refractivity contribution in [3.63, 3.8) is 0 Å². The third-order valence-corrected chi connectivity index (χ3v) is 3.88. The summed E-state index contributed by atoms with van der Waals surface area (Å²) in [6, 6.07) is 8.65. The Labute approximate surface area is 122 Å². The van der Waals surface area contributed by atoms with Crippen molar-refractivity contribution in [1.82, 2.24) is 10.2 Å². The quantitative estimate of drug-likeness (QED) is 0.915. The van der Waals surface area contributed by atoms with Crippen molar-refractivity contribution in [2.45, 2.75) is 45.6 Å². The van der Waals surface area contributed by atoms with Crippen molar-refractivity contribution in [2.24, 2.45) is 0 Å². The molecule has 1 fully saturated rings. The summed E-state index contributed by atoms with van der Waals surface area (Å²) in [5, 5.41) is 3.25. The molecule has 2 rings (SSSR count). The predicted molar refractivity (Wildman–Crippen MR) is 82.7 cm³/mol. The Hall–Kier alpha value is -1.35. The van der Waals surface area contributed by atoms with E-state index in [1.54, 1.807) is 0 Å². The minimum atomic E-state index is 0.192. The molecule has 0 radical (unpaired) electrons. The Bertz CT molecular complexity index is 439. The maximum absolute atomic E-state index is 11.9. The van der Waals surface area contributed by atoms with Crippen LogP contribution in [-0.2, 0) is 16.8 Å². The van der Waals surface area contributed by atoms with Crippen LogP contribution in [0.15, 0.2) is 24.3 Å². The molecule has 20 heavy (non-hydrogen) atoms. The zero-order chi connectivity index (χ0) is 14.6. The predicted octanol–water partition coefficient (Wildman–Crippen LogP) is 2.70. The van der Waals surface area contributed by atoms with Crippen LogP contribution in [0.5, 0.6) is 0 Å². The van der Waals surface area contributed by atoms with Gasteiger partial charge in [-0.15, -0.1) is 0 Å². The molecule has 3 nitrogen and oxygen atoms in total. The summed E-state index contributed by atoms with van der Waals surface area (Å²) in [6.45, 7) is 9.71. The average Bonchev–Trinajstić information content (AvgIpc) is 2.92. The molecule has 1 aliphatic rings. The zero-order valence-corrected chi connectivity index (χ0v) is 12.9. The normalized spacial score (nSPS) is 15.7. The molecule has 1 saturated heterocycles. The van der Waals surface area contributed by atoms with Crippen LogP contribution in [0.1, 0.15) is 44.7 Å². The summed E-state index contributed by atoms with van der Waals surface area (Å²) in [7, 11) is 0. The van der Waals surface area contributed by atoms with Crippen LogP contribution in [0.2, 0.25) is 0 Å². The SMILES string of the molecule is CC(C)(C)c1ccc(CNCC(=O)N2CCCC2)cc1. The Morgan fingerprint density at radius 2 is 1.75 bits per heavy atom. The topological polar surface area (TPSA) is 32.3 Å². The molecular formula is C17H26N2O. The largest absolute Gasteiger partial charge is 0.342 e. The van der Waals surface area contributed by atoms with Crippen LogP contribution >= 0.6 is 0 Å². The van der Waals surface area contributed by atoms with Gasteiger partial charge in [0.05, 0.1) is 6.54 Å². The first-order valence-electron chi connectivity index (χ1n) is 7.55. The lowest BCUT2D eigenvalue weighted by atomic mass is 9.87. The lowest BCUT2D eigenvalue weighted by molar-refractivity contribution is -0.129. The van der Waals surface area contributed by atoms with Crippen molar-refractivity contribution in [1.29, 1.82) is 0 Å². The molecule has 1 aromatic carbocycles. The molecule has 1 N–H and O–H groups in total. The smallest absolute Gasteiger partial charge is 0.236 e. The van der Waals surface area contributed by atoms with Crippen LogP contribution in [0.25, 0.3) is 0 Å². The van der Waals surface area contributed by atoms with Gasteiger partial charge in [-0.25, -0.2) is 0 Å². The maximum atomic E-state index is 11.9. The van der Waals surface area contributed by atoms with Gasteiger partial charge in [-0.05, 0) is 29.4 Å². The van der Waals surface area contributed by atoms with Crippen molar-refractivity contribution < 1.29 is 4.79 Å². The number of benzene rings is 1. The highest BCUT2D eigenvalue weighted by Gasteiger charge is 2.17. The number of nitrogens with zero attached hydrogens (tertiary/aromatic N) is 1. The fourth-order valence-corrected chi connectivity index (χ4v) is 2.51. The molecule has 1 amide bonds. The van der Waals surface area contributed by atoms with Crippen molar-refractivity contribution in [2.75, 3.05) is 19.6 Å². The van der Waals surface area contributed by atoms with Crippen molar-refractivity contribution in [3.05, 3.63) is 35.4 Å². The summed E-state index contributed by atoms with van der Waals surface area (Å²) < 4.78 is 0. The van der Waals surface area contributed by atoms with E-state index in [-0.39, 0.29) is 11.3 Å². The summed E-state index contributed by atoms with van der Waals surface area (Å²) >= 11 is 0. The third-order valence-electron chi connectivity index (χ3n) is 3.88. The van der Waals surface area contributed by atoms with Gasteiger partial charge >= 0.3 is 0 Å². The van der Waals surface area contributed by atoms with E-state index in [9.17, 15) is 4.79 Å². The van der Waals surface area contributed by atoms with Gasteiger partial charge in [-0.3, -0.25) is 4.79 Å². The molecule has 110 valence electrons. The fourth-order valence-electron chi connectivity index (χ4n) is 2.51. The molecule has 1 aliphatic heterocycles. The zero-order valence-electron chi connectivity index (χ0n) is 12.9.